The molecule has 4 rings (SSSR count). The van der Waals surface area contributed by atoms with Gasteiger partial charge in [-0.1, -0.05) is 30.3 Å². The highest BCUT2D eigenvalue weighted by Gasteiger charge is 2.30. The Morgan fingerprint density at radius 2 is 2.00 bits per heavy atom. The Morgan fingerprint density at radius 1 is 1.13 bits per heavy atom. The molecule has 0 radical (unpaired) electrons. The van der Waals surface area contributed by atoms with E-state index in [4.69, 9.17) is 14.2 Å². The summed E-state index contributed by atoms with van der Waals surface area (Å²) in [6.07, 6.45) is 0. The molecule has 2 aromatic rings. The van der Waals surface area contributed by atoms with Crippen LogP contribution in [0.3, 0.4) is 0 Å². The Morgan fingerprint density at radius 3 is 2.87 bits per heavy atom. The van der Waals surface area contributed by atoms with Crippen molar-refractivity contribution < 1.29 is 19.0 Å². The molecule has 0 bridgehead atoms. The second-order valence-electron chi connectivity index (χ2n) is 5.70. The first-order valence-electron chi connectivity index (χ1n) is 7.65. The van der Waals surface area contributed by atoms with Gasteiger partial charge in [0.25, 0.3) is 0 Å². The molecule has 1 atom stereocenters. The van der Waals surface area contributed by atoms with Gasteiger partial charge < -0.3 is 19.5 Å². The Bertz CT molecular complexity index is 729. The quantitative estimate of drug-likeness (QED) is 0.880. The van der Waals surface area contributed by atoms with Crippen LogP contribution in [0.1, 0.15) is 21.5 Å². The lowest BCUT2D eigenvalue weighted by molar-refractivity contribution is 0.0533. The monoisotopic (exact) mass is 311 g/mol. The molecule has 0 aliphatic carbocycles. The number of anilines is 1. The Balaban J connectivity index is 1.39. The maximum Gasteiger partial charge on any atom is 0.339 e. The van der Waals surface area contributed by atoms with Crippen LogP contribution in [0, 0.1) is 0 Å². The van der Waals surface area contributed by atoms with Crippen molar-refractivity contribution >= 4 is 11.7 Å². The van der Waals surface area contributed by atoms with Crippen LogP contribution in [-0.4, -0.2) is 25.2 Å². The normalized spacial score (nSPS) is 18.4. The minimum absolute atomic E-state index is 0.0854. The largest absolute Gasteiger partial charge is 0.489 e. The Hall–Kier alpha value is -2.53. The molecule has 23 heavy (non-hydrogen) atoms. The van der Waals surface area contributed by atoms with Crippen molar-refractivity contribution in [2.24, 2.45) is 0 Å². The number of hydrogen-bond acceptors (Lipinski definition) is 5. The molecule has 5 nitrogen and oxygen atoms in total. The second-order valence-corrected chi connectivity index (χ2v) is 5.70. The highest BCUT2D eigenvalue weighted by Crippen LogP contribution is 2.38. The van der Waals surface area contributed by atoms with Crippen molar-refractivity contribution in [3.05, 3.63) is 59.2 Å². The molecular weight excluding hydrogens is 294 g/mol. The van der Waals surface area contributed by atoms with Crippen LogP contribution in [0.15, 0.2) is 42.5 Å². The lowest BCUT2D eigenvalue weighted by Gasteiger charge is -2.28. The number of fused-ring (bicyclic) bond motifs is 3. The molecule has 118 valence electrons. The van der Waals surface area contributed by atoms with Gasteiger partial charge in [-0.15, -0.1) is 0 Å². The van der Waals surface area contributed by atoms with Crippen molar-refractivity contribution in [2.75, 3.05) is 18.5 Å². The van der Waals surface area contributed by atoms with Gasteiger partial charge in [0.05, 0.1) is 30.5 Å². The third-order valence-corrected chi connectivity index (χ3v) is 4.05. The van der Waals surface area contributed by atoms with E-state index in [1.807, 2.05) is 36.4 Å². The van der Waals surface area contributed by atoms with Crippen molar-refractivity contribution in [3.63, 3.8) is 0 Å². The highest BCUT2D eigenvalue weighted by atomic mass is 16.5. The van der Waals surface area contributed by atoms with Crippen LogP contribution < -0.4 is 10.1 Å². The van der Waals surface area contributed by atoms with Crippen LogP contribution in [0.25, 0.3) is 0 Å². The molecular formula is C18H17NO4. The van der Waals surface area contributed by atoms with Crippen molar-refractivity contribution in [2.45, 2.75) is 19.3 Å². The molecule has 0 fully saturated rings. The summed E-state index contributed by atoms with van der Waals surface area (Å²) in [4.78, 5) is 11.6. The Kier molecular flexibility index (Phi) is 3.63. The molecule has 2 heterocycles. The zero-order valence-electron chi connectivity index (χ0n) is 12.6. The molecule has 0 amide bonds. The number of nitrogens with one attached hydrogen (secondary N) is 1. The number of benzene rings is 2. The average molecular weight is 311 g/mol. The summed E-state index contributed by atoms with van der Waals surface area (Å²) < 4.78 is 16.7. The third kappa shape index (κ3) is 2.75. The summed E-state index contributed by atoms with van der Waals surface area (Å²) in [5.41, 5.74) is 3.48. The lowest BCUT2D eigenvalue weighted by atomic mass is 10.1. The third-order valence-electron chi connectivity index (χ3n) is 4.05. The fourth-order valence-corrected chi connectivity index (χ4v) is 2.88. The first-order valence-corrected chi connectivity index (χ1v) is 7.65. The average Bonchev–Trinajstić information content (AvgIpc) is 2.97. The van der Waals surface area contributed by atoms with Crippen molar-refractivity contribution in [1.82, 2.24) is 0 Å². The van der Waals surface area contributed by atoms with Crippen LogP contribution in [0.2, 0.25) is 0 Å². The lowest BCUT2D eigenvalue weighted by Crippen LogP contribution is -2.35. The maximum atomic E-state index is 11.6. The number of carbonyl (C=O) groups excluding carboxylic acids is 1. The van der Waals surface area contributed by atoms with Crippen molar-refractivity contribution in [3.8, 4) is 5.75 Å². The molecule has 0 spiro atoms. The number of ether oxygens (including phenoxy) is 3. The summed E-state index contributed by atoms with van der Waals surface area (Å²) >= 11 is 0. The van der Waals surface area contributed by atoms with Crippen molar-refractivity contribution in [1.29, 1.82) is 0 Å². The predicted molar refractivity (Wildman–Crippen MR) is 84.6 cm³/mol. The summed E-state index contributed by atoms with van der Waals surface area (Å²) in [7, 11) is 0. The smallest absolute Gasteiger partial charge is 0.339 e. The zero-order chi connectivity index (χ0) is 15.6. The number of rotatable bonds is 4. The summed E-state index contributed by atoms with van der Waals surface area (Å²) in [6, 6.07) is 13.8. The van der Waals surface area contributed by atoms with E-state index in [0.717, 1.165) is 22.6 Å². The number of hydrogen-bond donors (Lipinski definition) is 1. The minimum atomic E-state index is -0.278. The standard InChI is InChI=1S/C18H17NO4/c20-18-14-6-7-16-17(15(14)11-23-18)22-10-13(19-16)9-21-8-12-4-2-1-3-5-12/h1-7,13,19H,8-11H2. The van der Waals surface area contributed by atoms with Gasteiger partial charge in [-0.05, 0) is 17.7 Å². The fraction of sp³-hybridized carbons (Fsp3) is 0.278. The van der Waals surface area contributed by atoms with E-state index >= 15 is 0 Å². The fourth-order valence-electron chi connectivity index (χ4n) is 2.88. The molecule has 1 N–H and O–H groups in total. The van der Waals surface area contributed by atoms with E-state index in [-0.39, 0.29) is 18.6 Å². The minimum Gasteiger partial charge on any atom is -0.489 e. The number of esters is 1. The van der Waals surface area contributed by atoms with Crippen LogP contribution in [0.4, 0.5) is 5.69 Å². The van der Waals surface area contributed by atoms with E-state index in [2.05, 4.69) is 5.32 Å². The molecule has 2 aliphatic heterocycles. The second kappa shape index (κ2) is 5.93. The SMILES string of the molecule is O=C1OCc2c1ccc1c2OCC(COCc2ccccc2)N1. The summed E-state index contributed by atoms with van der Waals surface area (Å²) in [5.74, 6) is 0.451. The van der Waals surface area contributed by atoms with Gasteiger partial charge in [0, 0.05) is 5.56 Å². The van der Waals surface area contributed by atoms with E-state index in [1.165, 1.54) is 0 Å². The molecule has 2 aliphatic rings. The first kappa shape index (κ1) is 14.1. The van der Waals surface area contributed by atoms with Gasteiger partial charge in [0.2, 0.25) is 0 Å². The van der Waals surface area contributed by atoms with Gasteiger partial charge in [0.1, 0.15) is 19.0 Å². The van der Waals surface area contributed by atoms with Gasteiger partial charge in [-0.3, -0.25) is 0 Å². The highest BCUT2D eigenvalue weighted by molar-refractivity contribution is 5.95. The van der Waals surface area contributed by atoms with Gasteiger partial charge in [0.15, 0.2) is 0 Å². The zero-order valence-corrected chi connectivity index (χ0v) is 12.6. The molecule has 5 heteroatoms. The first-order chi connectivity index (χ1) is 11.3. The van der Waals surface area contributed by atoms with Crippen LogP contribution in [-0.2, 0) is 22.7 Å². The molecule has 0 saturated heterocycles. The van der Waals surface area contributed by atoms with Gasteiger partial charge in [-0.25, -0.2) is 4.79 Å². The van der Waals surface area contributed by atoms with Gasteiger partial charge in [-0.2, -0.15) is 0 Å². The molecule has 2 aromatic carbocycles. The molecule has 0 aromatic heterocycles. The maximum absolute atomic E-state index is 11.6. The Labute approximate surface area is 134 Å². The number of cyclic esters (lactones) is 1. The summed E-state index contributed by atoms with van der Waals surface area (Å²) in [5, 5.41) is 3.41. The van der Waals surface area contributed by atoms with Crippen LogP contribution >= 0.6 is 0 Å². The predicted octanol–water partition coefficient (Wildman–Crippen LogP) is 2.75. The number of carbonyl (C=O) groups is 1. The topological polar surface area (TPSA) is 56.8 Å². The van der Waals surface area contributed by atoms with E-state index in [0.29, 0.717) is 25.4 Å². The molecule has 0 saturated carbocycles. The molecule has 1 unspecified atom stereocenters. The van der Waals surface area contributed by atoms with E-state index in [1.54, 1.807) is 6.07 Å². The van der Waals surface area contributed by atoms with Gasteiger partial charge >= 0.3 is 5.97 Å². The van der Waals surface area contributed by atoms with E-state index < -0.39 is 0 Å². The summed E-state index contributed by atoms with van der Waals surface area (Å²) in [6.45, 7) is 1.93. The van der Waals surface area contributed by atoms with Crippen LogP contribution in [0.5, 0.6) is 5.75 Å². The van der Waals surface area contributed by atoms with E-state index in [9.17, 15) is 4.79 Å².